The maximum atomic E-state index is 11.5. The van der Waals surface area contributed by atoms with Crippen LogP contribution in [0.2, 0.25) is 0 Å². The number of carboxylic acids is 1. The van der Waals surface area contributed by atoms with E-state index in [1.807, 2.05) is 13.0 Å². The second-order valence-electron chi connectivity index (χ2n) is 3.89. The number of rotatable bonds is 2. The number of aromatic nitrogens is 2. The molecule has 1 aromatic rings. The SMILES string of the molecule is CC1=CNC(C(=O)O)(c2ccn[nH]2)C(C)=C1. The highest BCUT2D eigenvalue weighted by atomic mass is 16.4. The molecule has 0 amide bonds. The van der Waals surface area contributed by atoms with E-state index in [0.717, 1.165) is 11.1 Å². The van der Waals surface area contributed by atoms with Gasteiger partial charge >= 0.3 is 5.97 Å². The fourth-order valence-corrected chi connectivity index (χ4v) is 1.93. The normalized spacial score (nSPS) is 24.4. The van der Waals surface area contributed by atoms with E-state index in [2.05, 4.69) is 15.5 Å². The molecule has 16 heavy (non-hydrogen) atoms. The number of carbonyl (C=O) groups is 1. The van der Waals surface area contributed by atoms with Gasteiger partial charge in [0.15, 0.2) is 5.54 Å². The van der Waals surface area contributed by atoms with Crippen molar-refractivity contribution in [1.82, 2.24) is 15.5 Å². The van der Waals surface area contributed by atoms with Crippen molar-refractivity contribution in [2.24, 2.45) is 0 Å². The van der Waals surface area contributed by atoms with E-state index in [9.17, 15) is 9.90 Å². The average Bonchev–Trinajstić information content (AvgIpc) is 2.71. The van der Waals surface area contributed by atoms with Crippen LogP contribution in [-0.4, -0.2) is 21.3 Å². The van der Waals surface area contributed by atoms with E-state index in [4.69, 9.17) is 0 Å². The Bertz CT molecular complexity index is 473. The monoisotopic (exact) mass is 219 g/mol. The van der Waals surface area contributed by atoms with Gasteiger partial charge in [-0.2, -0.15) is 5.10 Å². The van der Waals surface area contributed by atoms with Crippen LogP contribution in [0.15, 0.2) is 35.7 Å². The average molecular weight is 219 g/mol. The molecule has 0 bridgehead atoms. The molecule has 1 aliphatic heterocycles. The molecule has 0 aromatic carbocycles. The van der Waals surface area contributed by atoms with Gasteiger partial charge in [-0.3, -0.25) is 5.10 Å². The van der Waals surface area contributed by atoms with Gasteiger partial charge in [0.05, 0.1) is 5.69 Å². The Balaban J connectivity index is 2.56. The number of hydrogen-bond acceptors (Lipinski definition) is 3. The van der Waals surface area contributed by atoms with E-state index >= 15 is 0 Å². The number of H-pyrrole nitrogens is 1. The van der Waals surface area contributed by atoms with Gasteiger partial charge in [0, 0.05) is 12.4 Å². The summed E-state index contributed by atoms with van der Waals surface area (Å²) in [6.45, 7) is 3.70. The molecule has 84 valence electrons. The van der Waals surface area contributed by atoms with Crippen LogP contribution >= 0.6 is 0 Å². The molecule has 1 atom stereocenters. The van der Waals surface area contributed by atoms with Gasteiger partial charge in [-0.25, -0.2) is 4.79 Å². The number of dihydropyridines is 1. The van der Waals surface area contributed by atoms with Gasteiger partial charge in [0.2, 0.25) is 0 Å². The number of aliphatic carboxylic acids is 1. The van der Waals surface area contributed by atoms with Crippen molar-refractivity contribution in [2.75, 3.05) is 0 Å². The molecule has 1 aromatic heterocycles. The smallest absolute Gasteiger partial charge is 0.340 e. The predicted molar refractivity (Wildman–Crippen MR) is 58.6 cm³/mol. The van der Waals surface area contributed by atoms with Crippen LogP contribution < -0.4 is 5.32 Å². The Morgan fingerprint density at radius 3 is 2.75 bits per heavy atom. The predicted octanol–water partition coefficient (Wildman–Crippen LogP) is 1.14. The number of allylic oxidation sites excluding steroid dienone is 2. The molecule has 1 unspecified atom stereocenters. The van der Waals surface area contributed by atoms with Gasteiger partial charge in [0.1, 0.15) is 0 Å². The zero-order valence-electron chi connectivity index (χ0n) is 9.11. The van der Waals surface area contributed by atoms with Crippen molar-refractivity contribution < 1.29 is 9.90 Å². The van der Waals surface area contributed by atoms with Crippen LogP contribution in [0.1, 0.15) is 19.5 Å². The van der Waals surface area contributed by atoms with Crippen LogP contribution in [-0.2, 0) is 10.3 Å². The maximum absolute atomic E-state index is 11.5. The zero-order valence-corrected chi connectivity index (χ0v) is 9.11. The summed E-state index contributed by atoms with van der Waals surface area (Å²) in [7, 11) is 0. The van der Waals surface area contributed by atoms with Crippen molar-refractivity contribution in [1.29, 1.82) is 0 Å². The second kappa shape index (κ2) is 3.52. The molecule has 2 heterocycles. The molecular weight excluding hydrogens is 206 g/mol. The van der Waals surface area contributed by atoms with E-state index in [-0.39, 0.29) is 0 Å². The van der Waals surface area contributed by atoms with Crippen LogP contribution in [0.25, 0.3) is 0 Å². The largest absolute Gasteiger partial charge is 0.479 e. The van der Waals surface area contributed by atoms with Gasteiger partial charge in [-0.1, -0.05) is 6.08 Å². The number of hydrogen-bond donors (Lipinski definition) is 3. The molecule has 0 radical (unpaired) electrons. The van der Waals surface area contributed by atoms with Crippen molar-refractivity contribution in [3.63, 3.8) is 0 Å². The van der Waals surface area contributed by atoms with Crippen LogP contribution in [0.3, 0.4) is 0 Å². The second-order valence-corrected chi connectivity index (χ2v) is 3.89. The molecule has 0 spiro atoms. The lowest BCUT2D eigenvalue weighted by Gasteiger charge is -2.32. The Morgan fingerprint density at radius 1 is 1.50 bits per heavy atom. The summed E-state index contributed by atoms with van der Waals surface area (Å²) in [5, 5.41) is 18.9. The minimum Gasteiger partial charge on any atom is -0.479 e. The molecular formula is C11H13N3O2. The molecule has 0 fully saturated rings. The fourth-order valence-electron chi connectivity index (χ4n) is 1.93. The molecule has 5 heteroatoms. The van der Waals surface area contributed by atoms with Gasteiger partial charge in [-0.15, -0.1) is 0 Å². The van der Waals surface area contributed by atoms with E-state index in [0.29, 0.717) is 5.69 Å². The first-order valence-electron chi connectivity index (χ1n) is 4.94. The molecule has 3 N–H and O–H groups in total. The van der Waals surface area contributed by atoms with Crippen molar-refractivity contribution in [3.05, 3.63) is 41.4 Å². The van der Waals surface area contributed by atoms with E-state index < -0.39 is 11.5 Å². The van der Waals surface area contributed by atoms with Gasteiger partial charge in [-0.05, 0) is 31.1 Å². The standard InChI is InChI=1S/C11H13N3O2/c1-7-5-8(2)11(10(15)16,12-6-7)9-3-4-13-14-9/h3-6,12H,1-2H3,(H,13,14)(H,15,16). The molecule has 1 aliphatic rings. The van der Waals surface area contributed by atoms with Crippen molar-refractivity contribution in [3.8, 4) is 0 Å². The summed E-state index contributed by atoms with van der Waals surface area (Å²) in [6.07, 6.45) is 5.09. The molecule has 0 saturated carbocycles. The highest BCUT2D eigenvalue weighted by Gasteiger charge is 2.44. The summed E-state index contributed by atoms with van der Waals surface area (Å²) < 4.78 is 0. The quantitative estimate of drug-likeness (QED) is 0.697. The first kappa shape index (κ1) is 10.5. The van der Waals surface area contributed by atoms with Crippen molar-refractivity contribution >= 4 is 5.97 Å². The first-order chi connectivity index (χ1) is 7.57. The summed E-state index contributed by atoms with van der Waals surface area (Å²) >= 11 is 0. The summed E-state index contributed by atoms with van der Waals surface area (Å²) in [6, 6.07) is 1.66. The summed E-state index contributed by atoms with van der Waals surface area (Å²) in [5.74, 6) is -0.950. The third kappa shape index (κ3) is 1.32. The van der Waals surface area contributed by atoms with Gasteiger partial charge < -0.3 is 10.4 Å². The minimum atomic E-state index is -1.23. The Labute approximate surface area is 92.9 Å². The summed E-state index contributed by atoms with van der Waals surface area (Å²) in [4.78, 5) is 11.5. The van der Waals surface area contributed by atoms with E-state index in [1.165, 1.54) is 0 Å². The maximum Gasteiger partial charge on any atom is 0.340 e. The Hall–Kier alpha value is -2.04. The lowest BCUT2D eigenvalue weighted by molar-refractivity contribution is -0.143. The number of nitrogens with one attached hydrogen (secondary N) is 2. The van der Waals surface area contributed by atoms with Crippen LogP contribution in [0, 0.1) is 0 Å². The third-order valence-corrected chi connectivity index (χ3v) is 2.78. The minimum absolute atomic E-state index is 0.525. The zero-order chi connectivity index (χ0) is 11.8. The van der Waals surface area contributed by atoms with Crippen LogP contribution in [0.5, 0.6) is 0 Å². The lowest BCUT2D eigenvalue weighted by atomic mass is 9.84. The topological polar surface area (TPSA) is 78.0 Å². The molecule has 0 saturated heterocycles. The molecule has 0 aliphatic carbocycles. The number of carboxylic acid groups (broad SMARTS) is 1. The molecule has 2 rings (SSSR count). The van der Waals surface area contributed by atoms with E-state index in [1.54, 1.807) is 25.4 Å². The number of nitrogens with zero attached hydrogens (tertiary/aromatic N) is 1. The Kier molecular flexibility index (Phi) is 2.30. The molecule has 5 nitrogen and oxygen atoms in total. The lowest BCUT2D eigenvalue weighted by Crippen LogP contribution is -2.49. The highest BCUT2D eigenvalue weighted by molar-refractivity contribution is 5.85. The number of aromatic amines is 1. The fraction of sp³-hybridized carbons (Fsp3) is 0.273. The van der Waals surface area contributed by atoms with Crippen LogP contribution in [0.4, 0.5) is 0 Å². The Morgan fingerprint density at radius 2 is 2.25 bits per heavy atom. The van der Waals surface area contributed by atoms with Crippen molar-refractivity contribution in [2.45, 2.75) is 19.4 Å². The highest BCUT2D eigenvalue weighted by Crippen LogP contribution is 2.31. The first-order valence-corrected chi connectivity index (χ1v) is 4.94. The van der Waals surface area contributed by atoms with Gasteiger partial charge in [0.25, 0.3) is 0 Å². The third-order valence-electron chi connectivity index (χ3n) is 2.78. The summed E-state index contributed by atoms with van der Waals surface area (Å²) in [5.41, 5.74) is 1.02.